The summed E-state index contributed by atoms with van der Waals surface area (Å²) in [4.78, 5) is 36.9. The number of fused-ring (bicyclic) bond motifs is 1. The van der Waals surface area contributed by atoms with Crippen molar-refractivity contribution >= 4 is 34.2 Å². The molecule has 0 saturated heterocycles. The lowest BCUT2D eigenvalue weighted by Gasteiger charge is -2.19. The molecule has 2 N–H and O–H groups in total. The Hall–Kier alpha value is -3.61. The van der Waals surface area contributed by atoms with Crippen LogP contribution < -0.4 is 20.8 Å². The molecule has 150 valence electrons. The number of nitrogens with one attached hydrogen (secondary N) is 2. The number of rotatable bonds is 4. The smallest absolute Gasteiger partial charge is 0.291 e. The third kappa shape index (κ3) is 4.45. The zero-order chi connectivity index (χ0) is 21.2. The van der Waals surface area contributed by atoms with E-state index in [0.29, 0.717) is 28.1 Å². The molecule has 0 atom stereocenters. The Morgan fingerprint density at radius 2 is 1.72 bits per heavy atom. The second-order valence-corrected chi connectivity index (χ2v) is 7.54. The molecule has 3 aromatic rings. The standard InChI is InChI=1S/C22H22N2O5/c1-22(2,3)21(27)24-15-10-9-13(11-18(15)28-4)23-20(26)19-12-16(25)14-7-5-6-8-17(14)29-19/h5-12H,1-4H3,(H,23,26)(H,24,27). The highest BCUT2D eigenvalue weighted by Gasteiger charge is 2.22. The highest BCUT2D eigenvalue weighted by Crippen LogP contribution is 2.30. The maximum Gasteiger partial charge on any atom is 0.291 e. The molecule has 0 aliphatic rings. The van der Waals surface area contributed by atoms with Crippen LogP contribution in [-0.4, -0.2) is 18.9 Å². The number of hydrogen-bond acceptors (Lipinski definition) is 5. The molecule has 1 aromatic heterocycles. The highest BCUT2D eigenvalue weighted by atomic mass is 16.5. The lowest BCUT2D eigenvalue weighted by Crippen LogP contribution is -2.27. The number of para-hydroxylation sites is 1. The Kier molecular flexibility index (Phi) is 5.41. The third-order valence-corrected chi connectivity index (χ3v) is 4.25. The van der Waals surface area contributed by atoms with Crippen LogP contribution in [-0.2, 0) is 4.79 Å². The number of amides is 2. The van der Waals surface area contributed by atoms with Crippen molar-refractivity contribution in [2.75, 3.05) is 17.7 Å². The van der Waals surface area contributed by atoms with Gasteiger partial charge in [-0.3, -0.25) is 14.4 Å². The summed E-state index contributed by atoms with van der Waals surface area (Å²) in [5, 5.41) is 5.88. The van der Waals surface area contributed by atoms with Gasteiger partial charge in [0, 0.05) is 23.2 Å². The van der Waals surface area contributed by atoms with Crippen molar-refractivity contribution in [3.8, 4) is 5.75 Å². The van der Waals surface area contributed by atoms with Crippen LogP contribution in [0.2, 0.25) is 0 Å². The van der Waals surface area contributed by atoms with Crippen LogP contribution >= 0.6 is 0 Å². The van der Waals surface area contributed by atoms with Crippen molar-refractivity contribution in [1.82, 2.24) is 0 Å². The molecule has 0 aliphatic carbocycles. The van der Waals surface area contributed by atoms with E-state index in [-0.39, 0.29) is 17.1 Å². The molecule has 7 nitrogen and oxygen atoms in total. The molecule has 0 aliphatic heterocycles. The fourth-order valence-electron chi connectivity index (χ4n) is 2.59. The number of anilines is 2. The van der Waals surface area contributed by atoms with Gasteiger partial charge in [0.15, 0.2) is 11.2 Å². The number of carbonyl (C=O) groups is 2. The predicted octanol–water partition coefficient (Wildman–Crippen LogP) is 4.04. The van der Waals surface area contributed by atoms with Gasteiger partial charge in [0.1, 0.15) is 11.3 Å². The summed E-state index contributed by atoms with van der Waals surface area (Å²) in [6.07, 6.45) is 0. The van der Waals surface area contributed by atoms with Gasteiger partial charge in [-0.25, -0.2) is 0 Å². The normalized spacial score (nSPS) is 11.2. The third-order valence-electron chi connectivity index (χ3n) is 4.25. The zero-order valence-corrected chi connectivity index (χ0v) is 16.7. The van der Waals surface area contributed by atoms with E-state index in [9.17, 15) is 14.4 Å². The van der Waals surface area contributed by atoms with E-state index >= 15 is 0 Å². The molecule has 0 bridgehead atoms. The van der Waals surface area contributed by atoms with E-state index < -0.39 is 11.3 Å². The van der Waals surface area contributed by atoms with Crippen LogP contribution in [0.15, 0.2) is 57.7 Å². The highest BCUT2D eigenvalue weighted by molar-refractivity contribution is 6.03. The largest absolute Gasteiger partial charge is 0.494 e. The van der Waals surface area contributed by atoms with E-state index in [0.717, 1.165) is 6.07 Å². The van der Waals surface area contributed by atoms with Gasteiger partial charge in [0.25, 0.3) is 5.91 Å². The molecule has 0 saturated carbocycles. The second kappa shape index (κ2) is 7.79. The van der Waals surface area contributed by atoms with E-state index in [1.165, 1.54) is 7.11 Å². The van der Waals surface area contributed by atoms with Crippen LogP contribution in [0, 0.1) is 5.41 Å². The number of ether oxygens (including phenoxy) is 1. The first-order chi connectivity index (χ1) is 13.7. The summed E-state index contributed by atoms with van der Waals surface area (Å²) in [5.74, 6) is -0.440. The van der Waals surface area contributed by atoms with Crippen LogP contribution in [0.3, 0.4) is 0 Å². The van der Waals surface area contributed by atoms with Crippen molar-refractivity contribution in [3.63, 3.8) is 0 Å². The molecule has 3 rings (SSSR count). The molecule has 0 fully saturated rings. The van der Waals surface area contributed by atoms with E-state index in [4.69, 9.17) is 9.15 Å². The van der Waals surface area contributed by atoms with Crippen LogP contribution in [0.25, 0.3) is 11.0 Å². The summed E-state index contributed by atoms with van der Waals surface area (Å²) < 4.78 is 10.9. The number of carbonyl (C=O) groups excluding carboxylic acids is 2. The Morgan fingerprint density at radius 1 is 1.00 bits per heavy atom. The van der Waals surface area contributed by atoms with Crippen molar-refractivity contribution < 1.29 is 18.7 Å². The number of methoxy groups -OCH3 is 1. The monoisotopic (exact) mass is 394 g/mol. The first kappa shape index (κ1) is 20.1. The fourth-order valence-corrected chi connectivity index (χ4v) is 2.59. The molecular formula is C22H22N2O5. The van der Waals surface area contributed by atoms with Crippen LogP contribution in [0.4, 0.5) is 11.4 Å². The van der Waals surface area contributed by atoms with Crippen molar-refractivity contribution in [1.29, 1.82) is 0 Å². The Balaban J connectivity index is 1.84. The summed E-state index contributed by atoms with van der Waals surface area (Å²) in [7, 11) is 1.47. The minimum Gasteiger partial charge on any atom is -0.494 e. The van der Waals surface area contributed by atoms with Gasteiger partial charge >= 0.3 is 0 Å². The molecular weight excluding hydrogens is 372 g/mol. The summed E-state index contributed by atoms with van der Waals surface area (Å²) in [6, 6.07) is 12.7. The Bertz CT molecular complexity index is 1140. The summed E-state index contributed by atoms with van der Waals surface area (Å²) >= 11 is 0. The molecule has 1 heterocycles. The molecule has 0 spiro atoms. The lowest BCUT2D eigenvalue weighted by molar-refractivity contribution is -0.123. The van der Waals surface area contributed by atoms with Gasteiger partial charge in [-0.1, -0.05) is 32.9 Å². The zero-order valence-electron chi connectivity index (χ0n) is 16.7. The van der Waals surface area contributed by atoms with Gasteiger partial charge in [-0.15, -0.1) is 0 Å². The van der Waals surface area contributed by atoms with Crippen LogP contribution in [0.1, 0.15) is 31.3 Å². The number of hydrogen-bond donors (Lipinski definition) is 2. The van der Waals surface area contributed by atoms with Crippen molar-refractivity contribution in [2.45, 2.75) is 20.8 Å². The first-order valence-corrected chi connectivity index (χ1v) is 9.03. The molecule has 2 aromatic carbocycles. The minimum atomic E-state index is -0.568. The minimum absolute atomic E-state index is 0.0993. The topological polar surface area (TPSA) is 97.6 Å². The maximum absolute atomic E-state index is 12.5. The summed E-state index contributed by atoms with van der Waals surface area (Å²) in [6.45, 7) is 5.42. The van der Waals surface area contributed by atoms with Gasteiger partial charge in [0.05, 0.1) is 18.2 Å². The molecule has 7 heteroatoms. The number of benzene rings is 2. The quantitative estimate of drug-likeness (QED) is 0.696. The summed E-state index contributed by atoms with van der Waals surface area (Å²) in [5.41, 5.74) is 0.391. The lowest BCUT2D eigenvalue weighted by atomic mass is 9.95. The predicted molar refractivity (Wildman–Crippen MR) is 112 cm³/mol. The molecule has 29 heavy (non-hydrogen) atoms. The van der Waals surface area contributed by atoms with Gasteiger partial charge in [-0.05, 0) is 24.3 Å². The molecule has 0 radical (unpaired) electrons. The van der Waals surface area contributed by atoms with Gasteiger partial charge in [-0.2, -0.15) is 0 Å². The van der Waals surface area contributed by atoms with Crippen molar-refractivity contribution in [2.24, 2.45) is 5.41 Å². The van der Waals surface area contributed by atoms with E-state index in [2.05, 4.69) is 10.6 Å². The molecule has 2 amide bonds. The van der Waals surface area contributed by atoms with Gasteiger partial charge in [0.2, 0.25) is 5.91 Å². The van der Waals surface area contributed by atoms with Gasteiger partial charge < -0.3 is 19.8 Å². The van der Waals surface area contributed by atoms with E-state index in [1.807, 2.05) is 0 Å². The molecule has 0 unspecified atom stereocenters. The second-order valence-electron chi connectivity index (χ2n) is 7.54. The SMILES string of the molecule is COc1cc(NC(=O)c2cc(=O)c3ccccc3o2)ccc1NC(=O)C(C)(C)C. The van der Waals surface area contributed by atoms with Crippen LogP contribution in [0.5, 0.6) is 5.75 Å². The van der Waals surface area contributed by atoms with E-state index in [1.54, 1.807) is 63.2 Å². The fraction of sp³-hybridized carbons (Fsp3) is 0.227. The Labute approximate surface area is 167 Å². The van der Waals surface area contributed by atoms with Crippen molar-refractivity contribution in [3.05, 3.63) is 64.5 Å². The average Bonchev–Trinajstić information content (AvgIpc) is 2.68. The maximum atomic E-state index is 12.5. The average molecular weight is 394 g/mol. The first-order valence-electron chi connectivity index (χ1n) is 9.03. The Morgan fingerprint density at radius 3 is 2.41 bits per heavy atom.